The summed E-state index contributed by atoms with van der Waals surface area (Å²) in [5.74, 6) is 0.326. The van der Waals surface area contributed by atoms with Crippen molar-refractivity contribution >= 4 is 39.5 Å². The quantitative estimate of drug-likeness (QED) is 0.0222. The Morgan fingerprint density at radius 2 is 0.434 bits per heavy atom. The van der Waals surface area contributed by atoms with E-state index in [0.717, 1.165) is 108 Å². The van der Waals surface area contributed by atoms with Gasteiger partial charge in [-0.1, -0.05) is 408 Å². The third-order valence-corrected chi connectivity index (χ3v) is 22.3. The molecular formula is C87H170O17P2. The van der Waals surface area contributed by atoms with Gasteiger partial charge in [-0.3, -0.25) is 37.3 Å². The smallest absolute Gasteiger partial charge is 0.462 e. The lowest BCUT2D eigenvalue weighted by Crippen LogP contribution is -2.30. The maximum Gasteiger partial charge on any atom is 0.472 e. The van der Waals surface area contributed by atoms with Crippen molar-refractivity contribution in [1.29, 1.82) is 0 Å². The fraction of sp³-hybridized carbons (Fsp3) is 0.954. The highest BCUT2D eigenvalue weighted by molar-refractivity contribution is 7.47. The molecule has 0 aromatic rings. The fourth-order valence-corrected chi connectivity index (χ4v) is 15.1. The second-order valence-electron chi connectivity index (χ2n) is 32.7. The summed E-state index contributed by atoms with van der Waals surface area (Å²) in [6, 6.07) is 0. The molecule has 0 saturated heterocycles. The van der Waals surface area contributed by atoms with Gasteiger partial charge in [-0.2, -0.15) is 0 Å². The standard InChI is InChI=1S/C87H170O17P2/c1-8-9-10-11-12-37-47-54-61-68-84(89)97-74-82(103-86(91)71-64-57-50-43-36-30-24-18-21-27-33-40-46-53-60-67-80(6)7)76-101-105(93,94)99-72-81(88)73-100-106(95,96)102-77-83(75-98-85(90)69-62-55-48-41-34-28-23-17-20-26-32-39-45-52-59-66-79(4)5)104-87(92)70-63-56-49-42-35-29-22-16-14-13-15-19-25-31-38-44-51-58-65-78(2)3/h78-83,88H,8-77H2,1-7H3,(H,93,94)(H,95,96)/t81-,82+,83+/m0/s1. The molecule has 17 nitrogen and oxygen atoms in total. The minimum atomic E-state index is -4.97. The van der Waals surface area contributed by atoms with Crippen LogP contribution in [-0.2, 0) is 65.4 Å². The molecule has 0 fully saturated rings. The molecule has 2 unspecified atom stereocenters. The molecule has 0 heterocycles. The number of carbonyl (C=O) groups excluding carboxylic acids is 4. The molecule has 0 radical (unpaired) electrons. The van der Waals surface area contributed by atoms with Gasteiger partial charge in [-0.05, 0) is 43.4 Å². The largest absolute Gasteiger partial charge is 0.472 e. The number of hydrogen-bond donors (Lipinski definition) is 3. The van der Waals surface area contributed by atoms with Crippen molar-refractivity contribution in [2.24, 2.45) is 17.8 Å². The first kappa shape index (κ1) is 104. The Morgan fingerprint density at radius 3 is 0.642 bits per heavy atom. The average molecular weight is 1550 g/mol. The van der Waals surface area contributed by atoms with E-state index in [2.05, 4.69) is 48.5 Å². The number of phosphoric ester groups is 2. The lowest BCUT2D eigenvalue weighted by atomic mass is 10.0. The first-order chi connectivity index (χ1) is 51.2. The molecule has 0 aromatic heterocycles. The number of aliphatic hydroxyl groups excluding tert-OH is 1. The summed E-state index contributed by atoms with van der Waals surface area (Å²) in [6.45, 7) is 12.1. The summed E-state index contributed by atoms with van der Waals surface area (Å²) in [6.07, 6.45) is 68.1. The molecule has 106 heavy (non-hydrogen) atoms. The van der Waals surface area contributed by atoms with Crippen molar-refractivity contribution in [3.63, 3.8) is 0 Å². The van der Waals surface area contributed by atoms with E-state index in [9.17, 15) is 43.2 Å². The Bertz CT molecular complexity index is 2040. The van der Waals surface area contributed by atoms with Crippen LogP contribution in [-0.4, -0.2) is 96.7 Å². The second-order valence-corrected chi connectivity index (χ2v) is 35.6. The zero-order valence-corrected chi connectivity index (χ0v) is 71.7. The maximum absolute atomic E-state index is 13.1. The molecule has 0 aromatic carbocycles. The highest BCUT2D eigenvalue weighted by Crippen LogP contribution is 2.45. The summed E-state index contributed by atoms with van der Waals surface area (Å²) < 4.78 is 68.9. The van der Waals surface area contributed by atoms with E-state index < -0.39 is 97.5 Å². The summed E-state index contributed by atoms with van der Waals surface area (Å²) in [7, 11) is -9.93. The normalized spacial score (nSPS) is 13.9. The van der Waals surface area contributed by atoms with Gasteiger partial charge in [0.05, 0.1) is 26.4 Å². The summed E-state index contributed by atoms with van der Waals surface area (Å²) in [4.78, 5) is 73.2. The van der Waals surface area contributed by atoms with E-state index in [-0.39, 0.29) is 25.7 Å². The summed E-state index contributed by atoms with van der Waals surface area (Å²) in [5.41, 5.74) is 0. The number of hydrogen-bond acceptors (Lipinski definition) is 15. The molecule has 3 N–H and O–H groups in total. The predicted molar refractivity (Wildman–Crippen MR) is 437 cm³/mol. The molecule has 5 atom stereocenters. The van der Waals surface area contributed by atoms with Gasteiger partial charge in [0, 0.05) is 25.7 Å². The van der Waals surface area contributed by atoms with Crippen molar-refractivity contribution in [2.45, 2.75) is 478 Å². The highest BCUT2D eigenvalue weighted by Gasteiger charge is 2.30. The van der Waals surface area contributed by atoms with E-state index >= 15 is 0 Å². The topological polar surface area (TPSA) is 237 Å². The van der Waals surface area contributed by atoms with Crippen molar-refractivity contribution in [3.05, 3.63) is 0 Å². The van der Waals surface area contributed by atoms with Crippen LogP contribution in [0, 0.1) is 17.8 Å². The van der Waals surface area contributed by atoms with E-state index in [4.69, 9.17) is 37.0 Å². The Balaban J connectivity index is 5.21. The molecule has 0 aliphatic rings. The van der Waals surface area contributed by atoms with Gasteiger partial charge >= 0.3 is 39.5 Å². The van der Waals surface area contributed by atoms with Gasteiger partial charge in [0.2, 0.25) is 0 Å². The minimum absolute atomic E-state index is 0.108. The second kappa shape index (κ2) is 77.0. The molecule has 0 rings (SSSR count). The van der Waals surface area contributed by atoms with Gasteiger partial charge in [-0.15, -0.1) is 0 Å². The van der Waals surface area contributed by atoms with Gasteiger partial charge in [0.1, 0.15) is 19.3 Å². The Hall–Kier alpha value is -1.94. The van der Waals surface area contributed by atoms with Crippen LogP contribution in [0.5, 0.6) is 0 Å². The van der Waals surface area contributed by atoms with Gasteiger partial charge < -0.3 is 33.8 Å². The Labute approximate surface area is 651 Å². The number of rotatable bonds is 85. The molecule has 630 valence electrons. The van der Waals surface area contributed by atoms with E-state index in [1.807, 2.05) is 0 Å². The molecule has 0 amide bonds. The molecule has 0 aliphatic carbocycles. The molecule has 0 spiro atoms. The van der Waals surface area contributed by atoms with E-state index in [1.165, 1.54) is 270 Å². The molecule has 19 heteroatoms. The Kier molecular flexibility index (Phi) is 75.6. The van der Waals surface area contributed by atoms with Gasteiger partial charge in [-0.25, -0.2) is 9.13 Å². The van der Waals surface area contributed by atoms with Crippen LogP contribution in [0.3, 0.4) is 0 Å². The third kappa shape index (κ3) is 80.1. The lowest BCUT2D eigenvalue weighted by molar-refractivity contribution is -0.161. The number of phosphoric acid groups is 2. The highest BCUT2D eigenvalue weighted by atomic mass is 31.2. The SMILES string of the molecule is CCCCCCCCCCCC(=O)OC[C@H](COP(=O)(O)OC[C@H](O)COP(=O)(O)OC[C@@H](COC(=O)CCCCCCCCCCCCCCCCCC(C)C)OC(=O)CCCCCCCCCCCCCCCCCCCCC(C)C)OC(=O)CCCCCCCCCCCCCCCCCC(C)C. The van der Waals surface area contributed by atoms with Crippen LogP contribution >= 0.6 is 15.6 Å². The number of carbonyl (C=O) groups is 4. The molecule has 0 aliphatic heterocycles. The summed E-state index contributed by atoms with van der Waals surface area (Å²) in [5, 5.41) is 10.7. The maximum atomic E-state index is 13.1. The van der Waals surface area contributed by atoms with E-state index in [0.29, 0.717) is 25.7 Å². The lowest BCUT2D eigenvalue weighted by Gasteiger charge is -2.21. The third-order valence-electron chi connectivity index (χ3n) is 20.4. The molecule has 0 bridgehead atoms. The van der Waals surface area contributed by atoms with Gasteiger partial charge in [0.15, 0.2) is 12.2 Å². The van der Waals surface area contributed by atoms with Crippen LogP contribution in [0.1, 0.15) is 459 Å². The zero-order chi connectivity index (χ0) is 77.9. The first-order valence-corrected chi connectivity index (χ1v) is 47.8. The van der Waals surface area contributed by atoms with Crippen LogP contribution in [0.4, 0.5) is 0 Å². The molecule has 0 saturated carbocycles. The van der Waals surface area contributed by atoms with Crippen LogP contribution in [0.25, 0.3) is 0 Å². The van der Waals surface area contributed by atoms with Crippen molar-refractivity contribution in [3.8, 4) is 0 Å². The zero-order valence-electron chi connectivity index (χ0n) is 69.9. The van der Waals surface area contributed by atoms with Crippen LogP contribution in [0.2, 0.25) is 0 Å². The average Bonchev–Trinajstić information content (AvgIpc) is 0.908. The van der Waals surface area contributed by atoms with Crippen molar-refractivity contribution < 1.29 is 80.2 Å². The van der Waals surface area contributed by atoms with Crippen molar-refractivity contribution in [1.82, 2.24) is 0 Å². The number of ether oxygens (including phenoxy) is 4. The number of unbranched alkanes of at least 4 members (excludes halogenated alkanes) is 53. The Morgan fingerprint density at radius 1 is 0.255 bits per heavy atom. The number of aliphatic hydroxyl groups is 1. The van der Waals surface area contributed by atoms with Crippen molar-refractivity contribution in [2.75, 3.05) is 39.6 Å². The summed E-state index contributed by atoms with van der Waals surface area (Å²) >= 11 is 0. The molecular weight excluding hydrogens is 1380 g/mol. The predicted octanol–water partition coefficient (Wildman–Crippen LogP) is 26.5. The van der Waals surface area contributed by atoms with Crippen LogP contribution in [0.15, 0.2) is 0 Å². The monoisotopic (exact) mass is 1550 g/mol. The van der Waals surface area contributed by atoms with Crippen LogP contribution < -0.4 is 0 Å². The number of esters is 4. The fourth-order valence-electron chi connectivity index (χ4n) is 13.5. The van der Waals surface area contributed by atoms with Gasteiger partial charge in [0.25, 0.3) is 0 Å². The minimum Gasteiger partial charge on any atom is -0.462 e. The first-order valence-electron chi connectivity index (χ1n) is 44.8. The van der Waals surface area contributed by atoms with E-state index in [1.54, 1.807) is 0 Å².